The second-order valence-corrected chi connectivity index (χ2v) is 5.52. The van der Waals surface area contributed by atoms with Crippen LogP contribution in [0.1, 0.15) is 31.2 Å². The summed E-state index contributed by atoms with van der Waals surface area (Å²) in [5, 5.41) is 3.10. The molecule has 3 rings (SSSR count). The summed E-state index contributed by atoms with van der Waals surface area (Å²) in [4.78, 5) is 4.30. The van der Waals surface area contributed by atoms with E-state index in [2.05, 4.69) is 10.3 Å². The van der Waals surface area contributed by atoms with E-state index >= 15 is 0 Å². The molecule has 3 nitrogen and oxygen atoms in total. The fourth-order valence-electron chi connectivity index (χ4n) is 2.30. The van der Waals surface area contributed by atoms with Crippen molar-refractivity contribution in [3.63, 3.8) is 0 Å². The summed E-state index contributed by atoms with van der Waals surface area (Å²) in [7, 11) is 0. The maximum absolute atomic E-state index is 13.8. The molecule has 20 heavy (non-hydrogen) atoms. The third-order valence-electron chi connectivity index (χ3n) is 3.84. The van der Waals surface area contributed by atoms with E-state index in [0.29, 0.717) is 24.1 Å². The first-order chi connectivity index (χ1) is 9.09. The van der Waals surface area contributed by atoms with Crippen molar-refractivity contribution in [2.45, 2.75) is 37.1 Å². The molecule has 0 atom stereocenters. The van der Waals surface area contributed by atoms with Crippen LogP contribution in [0.5, 0.6) is 0 Å². The van der Waals surface area contributed by atoms with Gasteiger partial charge in [-0.25, -0.2) is 8.78 Å². The second kappa shape index (κ2) is 5.83. The van der Waals surface area contributed by atoms with Gasteiger partial charge in [-0.1, -0.05) is 6.07 Å². The Bertz CT molecular complexity index is 525. The Hall–Kier alpha value is -0.920. The molecule has 2 fully saturated rings. The van der Waals surface area contributed by atoms with Crippen molar-refractivity contribution >= 4 is 29.9 Å². The molecule has 0 unspecified atom stereocenters. The topological polar surface area (TPSA) is 50.4 Å². The van der Waals surface area contributed by atoms with Crippen molar-refractivity contribution < 1.29 is 8.78 Å². The highest BCUT2D eigenvalue weighted by Gasteiger charge is 2.46. The van der Waals surface area contributed by atoms with Crippen molar-refractivity contribution in [3.05, 3.63) is 35.4 Å². The van der Waals surface area contributed by atoms with E-state index in [4.69, 9.17) is 5.73 Å². The lowest BCUT2D eigenvalue weighted by Crippen LogP contribution is -2.34. The zero-order valence-electron chi connectivity index (χ0n) is 11.0. The lowest BCUT2D eigenvalue weighted by molar-refractivity contribution is 0.549. The minimum Gasteiger partial charge on any atom is -0.370 e. The summed E-state index contributed by atoms with van der Waals surface area (Å²) in [6.07, 6.45) is 4.01. The molecule has 0 spiro atoms. The zero-order chi connectivity index (χ0) is 13.5. The molecule has 6 heteroatoms. The Morgan fingerprint density at radius 3 is 2.60 bits per heavy atom. The fourth-order valence-corrected chi connectivity index (χ4v) is 2.30. The highest BCUT2D eigenvalue weighted by Crippen LogP contribution is 2.49. The number of halogens is 3. The average molecular weight is 393 g/mol. The van der Waals surface area contributed by atoms with Crippen LogP contribution < -0.4 is 11.1 Å². The highest BCUT2D eigenvalue weighted by molar-refractivity contribution is 14.0. The number of hydrogen-bond acceptors (Lipinski definition) is 1. The molecule has 0 amide bonds. The largest absolute Gasteiger partial charge is 0.370 e. The first kappa shape index (κ1) is 15.5. The molecule has 0 heterocycles. The third-order valence-corrected chi connectivity index (χ3v) is 3.84. The van der Waals surface area contributed by atoms with E-state index < -0.39 is 11.6 Å². The zero-order valence-corrected chi connectivity index (χ0v) is 13.4. The lowest BCUT2D eigenvalue weighted by atomic mass is 9.95. The minimum absolute atomic E-state index is 0. The molecule has 0 aliphatic heterocycles. The smallest absolute Gasteiger partial charge is 0.188 e. The van der Waals surface area contributed by atoms with Crippen LogP contribution in [-0.2, 0) is 5.41 Å². The van der Waals surface area contributed by atoms with E-state index in [9.17, 15) is 8.78 Å². The number of rotatable bonds is 4. The molecular weight excluding hydrogens is 375 g/mol. The SMILES string of the molecule is I.NC(=NCC1(c2ccc(F)cc2F)CC1)NC1CC1. The van der Waals surface area contributed by atoms with E-state index in [0.717, 1.165) is 31.7 Å². The standard InChI is InChI=1S/C14H17F2N3.HI/c15-9-1-4-11(12(16)7-9)14(5-6-14)8-18-13(17)19-10-2-3-10;/h1,4,7,10H,2-3,5-6,8H2,(H3,17,18,19);1H. The van der Waals surface area contributed by atoms with Crippen LogP contribution in [0.4, 0.5) is 8.78 Å². The minimum atomic E-state index is -0.546. The average Bonchev–Trinajstić information content (AvgIpc) is 3.22. The third kappa shape index (κ3) is 3.39. The summed E-state index contributed by atoms with van der Waals surface area (Å²) in [6.45, 7) is 0.459. The summed E-state index contributed by atoms with van der Waals surface area (Å²) < 4.78 is 26.7. The molecule has 0 bridgehead atoms. The maximum Gasteiger partial charge on any atom is 0.188 e. The quantitative estimate of drug-likeness (QED) is 0.470. The molecule has 110 valence electrons. The van der Waals surface area contributed by atoms with Gasteiger partial charge in [0.2, 0.25) is 0 Å². The molecule has 2 saturated carbocycles. The summed E-state index contributed by atoms with van der Waals surface area (Å²) in [6, 6.07) is 4.22. The van der Waals surface area contributed by atoms with Gasteiger partial charge in [-0.05, 0) is 37.3 Å². The van der Waals surface area contributed by atoms with Crippen LogP contribution in [0.3, 0.4) is 0 Å². The molecule has 0 aromatic heterocycles. The predicted octanol–water partition coefficient (Wildman–Crippen LogP) is 2.68. The molecule has 1 aromatic carbocycles. The molecular formula is C14H18F2IN3. The van der Waals surface area contributed by atoms with Gasteiger partial charge in [-0.3, -0.25) is 4.99 Å². The first-order valence-electron chi connectivity index (χ1n) is 6.61. The number of nitrogens with zero attached hydrogens (tertiary/aromatic N) is 1. The predicted molar refractivity (Wildman–Crippen MR) is 85.3 cm³/mol. The van der Waals surface area contributed by atoms with Crippen LogP contribution in [0.25, 0.3) is 0 Å². The van der Waals surface area contributed by atoms with E-state index in [1.54, 1.807) is 0 Å². The lowest BCUT2D eigenvalue weighted by Gasteiger charge is -2.14. The van der Waals surface area contributed by atoms with Crippen LogP contribution in [0.2, 0.25) is 0 Å². The van der Waals surface area contributed by atoms with Crippen molar-refractivity contribution in [1.82, 2.24) is 5.32 Å². The number of hydrogen-bond donors (Lipinski definition) is 2. The van der Waals surface area contributed by atoms with Crippen LogP contribution >= 0.6 is 24.0 Å². The number of guanidine groups is 1. The Labute approximate surface area is 134 Å². The molecule has 2 aliphatic carbocycles. The van der Waals surface area contributed by atoms with Crippen molar-refractivity contribution in [2.75, 3.05) is 6.54 Å². The second-order valence-electron chi connectivity index (χ2n) is 5.52. The highest BCUT2D eigenvalue weighted by atomic mass is 127. The van der Waals surface area contributed by atoms with Gasteiger partial charge in [0.25, 0.3) is 0 Å². The Balaban J connectivity index is 0.00000147. The van der Waals surface area contributed by atoms with Crippen molar-refractivity contribution in [2.24, 2.45) is 10.7 Å². The molecule has 1 aromatic rings. The molecule has 0 saturated heterocycles. The van der Waals surface area contributed by atoms with E-state index in [1.807, 2.05) is 0 Å². The number of benzene rings is 1. The Kier molecular flexibility index (Phi) is 4.51. The van der Waals surface area contributed by atoms with E-state index in [-0.39, 0.29) is 29.4 Å². The van der Waals surface area contributed by atoms with Gasteiger partial charge >= 0.3 is 0 Å². The van der Waals surface area contributed by atoms with Crippen molar-refractivity contribution in [1.29, 1.82) is 0 Å². The first-order valence-corrected chi connectivity index (χ1v) is 6.61. The van der Waals surface area contributed by atoms with Crippen LogP contribution in [0.15, 0.2) is 23.2 Å². The van der Waals surface area contributed by atoms with Gasteiger partial charge in [0.15, 0.2) is 5.96 Å². The molecule has 3 N–H and O–H groups in total. The van der Waals surface area contributed by atoms with Crippen molar-refractivity contribution in [3.8, 4) is 0 Å². The number of nitrogens with two attached hydrogens (primary N) is 1. The van der Waals surface area contributed by atoms with Gasteiger partial charge < -0.3 is 11.1 Å². The number of nitrogens with one attached hydrogen (secondary N) is 1. The summed E-state index contributed by atoms with van der Waals surface area (Å²) in [5.41, 5.74) is 6.04. The van der Waals surface area contributed by atoms with Crippen LogP contribution in [0, 0.1) is 11.6 Å². The van der Waals surface area contributed by atoms with Gasteiger partial charge in [0.1, 0.15) is 11.6 Å². The van der Waals surface area contributed by atoms with Gasteiger partial charge in [-0.2, -0.15) is 0 Å². The Morgan fingerprint density at radius 2 is 2.05 bits per heavy atom. The molecule has 2 aliphatic rings. The summed E-state index contributed by atoms with van der Waals surface area (Å²) in [5.74, 6) is -0.604. The van der Waals surface area contributed by atoms with Gasteiger partial charge in [-0.15, -0.1) is 24.0 Å². The van der Waals surface area contributed by atoms with E-state index in [1.165, 1.54) is 12.1 Å². The van der Waals surface area contributed by atoms with Gasteiger partial charge in [0.05, 0.1) is 6.54 Å². The fraction of sp³-hybridized carbons (Fsp3) is 0.500. The van der Waals surface area contributed by atoms with Crippen LogP contribution in [-0.4, -0.2) is 18.5 Å². The number of aliphatic imine (C=N–C) groups is 1. The monoisotopic (exact) mass is 393 g/mol. The summed E-state index contributed by atoms with van der Waals surface area (Å²) >= 11 is 0. The van der Waals surface area contributed by atoms with Gasteiger partial charge in [0, 0.05) is 17.5 Å². The molecule has 0 radical (unpaired) electrons. The maximum atomic E-state index is 13.8. The Morgan fingerprint density at radius 1 is 1.35 bits per heavy atom. The normalized spacial score (nSPS) is 20.2.